The van der Waals surface area contributed by atoms with Gasteiger partial charge in [0.25, 0.3) is 5.91 Å². The number of benzene rings is 3. The molecule has 3 aromatic carbocycles. The number of amides is 1. The normalized spacial score (nSPS) is 10.6. The topological polar surface area (TPSA) is 65.4 Å². The molecule has 1 heterocycles. The van der Waals surface area contributed by atoms with Crippen LogP contribution in [0.25, 0.3) is 11.3 Å². The molecule has 0 bridgehead atoms. The predicted octanol–water partition coefficient (Wildman–Crippen LogP) is 4.55. The van der Waals surface area contributed by atoms with Gasteiger partial charge in [0.2, 0.25) is 0 Å². The summed E-state index contributed by atoms with van der Waals surface area (Å²) in [7, 11) is 3.25. The van der Waals surface area contributed by atoms with Crippen LogP contribution in [0.1, 0.15) is 21.5 Å². The monoisotopic (exact) mass is 427 g/mol. The van der Waals surface area contributed by atoms with Gasteiger partial charge in [-0.15, -0.1) is 0 Å². The first-order chi connectivity index (χ1) is 15.7. The van der Waals surface area contributed by atoms with Gasteiger partial charge in [-0.3, -0.25) is 9.48 Å². The van der Waals surface area contributed by atoms with E-state index in [0.717, 1.165) is 22.4 Å². The summed E-state index contributed by atoms with van der Waals surface area (Å²) in [5.74, 6) is 1.31. The lowest BCUT2D eigenvalue weighted by Crippen LogP contribution is -2.23. The van der Waals surface area contributed by atoms with E-state index in [-0.39, 0.29) is 5.91 Å². The molecule has 0 radical (unpaired) electrons. The minimum atomic E-state index is -0.182. The SMILES string of the molecule is COc1ccc(CNC(=O)c2cn(Cc3ccccc3)nc2-c2cccc(OC)c2)cc1. The Labute approximate surface area is 187 Å². The second-order valence-electron chi connectivity index (χ2n) is 7.34. The van der Waals surface area contributed by atoms with Gasteiger partial charge in [0, 0.05) is 18.3 Å². The van der Waals surface area contributed by atoms with E-state index < -0.39 is 0 Å². The average Bonchev–Trinajstić information content (AvgIpc) is 3.27. The highest BCUT2D eigenvalue weighted by Gasteiger charge is 2.18. The van der Waals surface area contributed by atoms with Gasteiger partial charge >= 0.3 is 0 Å². The van der Waals surface area contributed by atoms with Crippen molar-refractivity contribution in [2.45, 2.75) is 13.1 Å². The van der Waals surface area contributed by atoms with Crippen molar-refractivity contribution in [2.24, 2.45) is 0 Å². The standard InChI is InChI=1S/C26H25N3O3/c1-31-22-13-11-19(12-14-22)16-27-26(30)24-18-29(17-20-7-4-3-5-8-20)28-25(24)21-9-6-10-23(15-21)32-2/h3-15,18H,16-17H2,1-2H3,(H,27,30). The van der Waals surface area contributed by atoms with Gasteiger partial charge in [-0.1, -0.05) is 54.6 Å². The van der Waals surface area contributed by atoms with Crippen LogP contribution in [-0.4, -0.2) is 29.9 Å². The largest absolute Gasteiger partial charge is 0.497 e. The summed E-state index contributed by atoms with van der Waals surface area (Å²) in [6.45, 7) is 0.980. The average molecular weight is 428 g/mol. The molecule has 0 unspecified atom stereocenters. The van der Waals surface area contributed by atoms with E-state index in [9.17, 15) is 4.79 Å². The van der Waals surface area contributed by atoms with Crippen LogP contribution in [0.2, 0.25) is 0 Å². The summed E-state index contributed by atoms with van der Waals surface area (Å²) < 4.78 is 12.3. The highest BCUT2D eigenvalue weighted by molar-refractivity contribution is 5.99. The van der Waals surface area contributed by atoms with Crippen molar-refractivity contribution >= 4 is 5.91 Å². The van der Waals surface area contributed by atoms with Crippen LogP contribution in [0.4, 0.5) is 0 Å². The van der Waals surface area contributed by atoms with Crippen LogP contribution < -0.4 is 14.8 Å². The van der Waals surface area contributed by atoms with Gasteiger partial charge in [0.05, 0.1) is 26.3 Å². The summed E-state index contributed by atoms with van der Waals surface area (Å²) >= 11 is 0. The minimum Gasteiger partial charge on any atom is -0.497 e. The molecular weight excluding hydrogens is 402 g/mol. The molecule has 0 spiro atoms. The van der Waals surface area contributed by atoms with Crippen molar-refractivity contribution in [1.29, 1.82) is 0 Å². The lowest BCUT2D eigenvalue weighted by atomic mass is 10.1. The lowest BCUT2D eigenvalue weighted by Gasteiger charge is -2.07. The second kappa shape index (κ2) is 9.83. The van der Waals surface area contributed by atoms with Gasteiger partial charge in [-0.2, -0.15) is 5.10 Å². The van der Waals surface area contributed by atoms with Crippen molar-refractivity contribution in [1.82, 2.24) is 15.1 Å². The molecule has 162 valence electrons. The molecule has 32 heavy (non-hydrogen) atoms. The molecule has 4 rings (SSSR count). The smallest absolute Gasteiger partial charge is 0.255 e. The van der Waals surface area contributed by atoms with Crippen LogP contribution in [-0.2, 0) is 13.1 Å². The third kappa shape index (κ3) is 4.98. The van der Waals surface area contributed by atoms with Gasteiger partial charge in [-0.05, 0) is 35.4 Å². The van der Waals surface area contributed by atoms with Gasteiger partial charge in [0.15, 0.2) is 0 Å². The number of nitrogens with zero attached hydrogens (tertiary/aromatic N) is 2. The van der Waals surface area contributed by atoms with E-state index in [2.05, 4.69) is 5.32 Å². The van der Waals surface area contributed by atoms with Crippen LogP contribution in [0, 0.1) is 0 Å². The molecule has 0 aliphatic rings. The molecule has 1 N–H and O–H groups in total. The lowest BCUT2D eigenvalue weighted by molar-refractivity contribution is 0.0951. The molecular formula is C26H25N3O3. The van der Waals surface area contributed by atoms with Crippen LogP contribution >= 0.6 is 0 Å². The molecule has 6 heteroatoms. The molecule has 0 saturated heterocycles. The first kappa shape index (κ1) is 21.2. The van der Waals surface area contributed by atoms with Gasteiger partial charge < -0.3 is 14.8 Å². The van der Waals surface area contributed by atoms with Crippen molar-refractivity contribution in [3.05, 3.63) is 102 Å². The third-order valence-corrected chi connectivity index (χ3v) is 5.15. The number of methoxy groups -OCH3 is 2. The number of ether oxygens (including phenoxy) is 2. The summed E-state index contributed by atoms with van der Waals surface area (Å²) in [5, 5.41) is 7.74. The summed E-state index contributed by atoms with van der Waals surface area (Å²) in [4.78, 5) is 13.1. The first-order valence-electron chi connectivity index (χ1n) is 10.3. The number of nitrogens with one attached hydrogen (secondary N) is 1. The Morgan fingerprint density at radius 3 is 2.34 bits per heavy atom. The number of rotatable bonds is 8. The molecule has 6 nitrogen and oxygen atoms in total. The fraction of sp³-hybridized carbons (Fsp3) is 0.154. The Kier molecular flexibility index (Phi) is 6.51. The molecule has 1 aromatic heterocycles. The van der Waals surface area contributed by atoms with E-state index in [1.165, 1.54) is 0 Å². The summed E-state index contributed by atoms with van der Waals surface area (Å²) in [5.41, 5.74) is 4.05. The highest BCUT2D eigenvalue weighted by Crippen LogP contribution is 2.26. The maximum Gasteiger partial charge on any atom is 0.255 e. The molecule has 0 aliphatic heterocycles. The van der Waals surface area contributed by atoms with E-state index >= 15 is 0 Å². The number of carbonyl (C=O) groups is 1. The number of hydrogen-bond donors (Lipinski definition) is 1. The van der Waals surface area contributed by atoms with Crippen molar-refractivity contribution < 1.29 is 14.3 Å². The third-order valence-electron chi connectivity index (χ3n) is 5.15. The molecule has 0 aliphatic carbocycles. The van der Waals surface area contributed by atoms with Gasteiger partial charge in [-0.25, -0.2) is 0 Å². The number of hydrogen-bond acceptors (Lipinski definition) is 4. The van der Waals surface area contributed by atoms with Crippen molar-refractivity contribution in [3.8, 4) is 22.8 Å². The summed E-state index contributed by atoms with van der Waals surface area (Å²) in [6, 6.07) is 25.2. The molecule has 0 fully saturated rings. The first-order valence-corrected chi connectivity index (χ1v) is 10.3. The molecule has 4 aromatic rings. The molecule has 0 atom stereocenters. The Hall–Kier alpha value is -4.06. The quantitative estimate of drug-likeness (QED) is 0.448. The maximum atomic E-state index is 13.1. The molecule has 0 saturated carbocycles. The van der Waals surface area contributed by atoms with Crippen molar-refractivity contribution in [2.75, 3.05) is 14.2 Å². The van der Waals surface area contributed by atoms with Crippen LogP contribution in [0.3, 0.4) is 0 Å². The Morgan fingerprint density at radius 1 is 0.875 bits per heavy atom. The molecule has 1 amide bonds. The Morgan fingerprint density at radius 2 is 1.62 bits per heavy atom. The zero-order chi connectivity index (χ0) is 22.3. The summed E-state index contributed by atoms with van der Waals surface area (Å²) in [6.07, 6.45) is 1.80. The van der Waals surface area contributed by atoms with E-state index in [1.54, 1.807) is 25.1 Å². The fourth-order valence-electron chi connectivity index (χ4n) is 3.44. The Balaban J connectivity index is 1.61. The Bertz CT molecular complexity index is 1180. The van der Waals surface area contributed by atoms with E-state index in [1.807, 2.05) is 78.9 Å². The van der Waals surface area contributed by atoms with Crippen LogP contribution in [0.15, 0.2) is 85.1 Å². The maximum absolute atomic E-state index is 13.1. The highest BCUT2D eigenvalue weighted by atomic mass is 16.5. The fourth-order valence-corrected chi connectivity index (χ4v) is 3.44. The second-order valence-corrected chi connectivity index (χ2v) is 7.34. The minimum absolute atomic E-state index is 0.182. The number of carbonyl (C=O) groups excluding carboxylic acids is 1. The predicted molar refractivity (Wildman–Crippen MR) is 124 cm³/mol. The van der Waals surface area contributed by atoms with E-state index in [4.69, 9.17) is 14.6 Å². The van der Waals surface area contributed by atoms with Gasteiger partial charge in [0.1, 0.15) is 17.2 Å². The zero-order valence-corrected chi connectivity index (χ0v) is 18.1. The van der Waals surface area contributed by atoms with Crippen LogP contribution in [0.5, 0.6) is 11.5 Å². The number of aromatic nitrogens is 2. The zero-order valence-electron chi connectivity index (χ0n) is 18.1. The van der Waals surface area contributed by atoms with E-state index in [0.29, 0.717) is 30.1 Å². The van der Waals surface area contributed by atoms with Crippen molar-refractivity contribution in [3.63, 3.8) is 0 Å².